The average Bonchev–Trinajstić information content (AvgIpc) is 2.67. The highest BCUT2D eigenvalue weighted by Gasteiger charge is 2.13. The van der Waals surface area contributed by atoms with Crippen LogP contribution in [0.2, 0.25) is 0 Å². The number of nitrogens with one attached hydrogen (secondary N) is 1. The lowest BCUT2D eigenvalue weighted by molar-refractivity contribution is -0.116. The van der Waals surface area contributed by atoms with Gasteiger partial charge in [0.2, 0.25) is 5.91 Å². The summed E-state index contributed by atoms with van der Waals surface area (Å²) in [6.45, 7) is 6.37. The van der Waals surface area contributed by atoms with Crippen molar-refractivity contribution in [1.82, 2.24) is 0 Å². The molecule has 1 amide bonds. The van der Waals surface area contributed by atoms with Crippen LogP contribution in [0.25, 0.3) is 0 Å². The Morgan fingerprint density at radius 3 is 2.41 bits per heavy atom. The Bertz CT molecular complexity index is 553. The van der Waals surface area contributed by atoms with Crippen molar-refractivity contribution in [3.8, 4) is 0 Å². The van der Waals surface area contributed by atoms with Gasteiger partial charge < -0.3 is 14.8 Å². The van der Waals surface area contributed by atoms with Gasteiger partial charge in [0.25, 0.3) is 0 Å². The Morgan fingerprint density at radius 1 is 1.00 bits per heavy atom. The van der Waals surface area contributed by atoms with Gasteiger partial charge in [0, 0.05) is 12.1 Å². The molecule has 1 aliphatic heterocycles. The maximum Gasteiger partial charge on any atom is 0.224 e. The van der Waals surface area contributed by atoms with Crippen LogP contribution in [0.15, 0.2) is 18.2 Å². The van der Waals surface area contributed by atoms with E-state index >= 15 is 0 Å². The first-order chi connectivity index (χ1) is 13.1. The molecule has 1 aromatic rings. The SMILES string of the molecule is Cc1ccc(C)c(NC(=O)CCCCCCCCCC[C@@H]2COCCO2)c1. The van der Waals surface area contributed by atoms with Gasteiger partial charge in [-0.2, -0.15) is 0 Å². The quantitative estimate of drug-likeness (QED) is 0.487. The second kappa shape index (κ2) is 12.9. The molecule has 1 atom stereocenters. The fourth-order valence-corrected chi connectivity index (χ4v) is 3.50. The number of ether oxygens (including phenoxy) is 2. The summed E-state index contributed by atoms with van der Waals surface area (Å²) in [5.74, 6) is 0.137. The summed E-state index contributed by atoms with van der Waals surface area (Å²) in [4.78, 5) is 12.1. The van der Waals surface area contributed by atoms with Crippen LogP contribution >= 0.6 is 0 Å². The summed E-state index contributed by atoms with van der Waals surface area (Å²) in [6, 6.07) is 6.17. The van der Waals surface area contributed by atoms with Crippen molar-refractivity contribution in [2.45, 2.75) is 84.2 Å². The molecule has 1 N–H and O–H groups in total. The summed E-state index contributed by atoms with van der Waals surface area (Å²) in [5.41, 5.74) is 3.25. The van der Waals surface area contributed by atoms with Gasteiger partial charge in [-0.15, -0.1) is 0 Å². The van der Waals surface area contributed by atoms with E-state index in [1.54, 1.807) is 0 Å². The lowest BCUT2D eigenvalue weighted by Gasteiger charge is -2.22. The van der Waals surface area contributed by atoms with Crippen LogP contribution in [0.5, 0.6) is 0 Å². The molecule has 4 nitrogen and oxygen atoms in total. The van der Waals surface area contributed by atoms with Gasteiger partial charge in [0.1, 0.15) is 0 Å². The first-order valence-electron chi connectivity index (χ1n) is 10.7. The van der Waals surface area contributed by atoms with E-state index in [2.05, 4.69) is 17.4 Å². The number of carbonyl (C=O) groups excluding carboxylic acids is 1. The lowest BCUT2D eigenvalue weighted by atomic mass is 10.0. The maximum absolute atomic E-state index is 12.1. The minimum atomic E-state index is 0.137. The molecule has 1 aromatic carbocycles. The van der Waals surface area contributed by atoms with Gasteiger partial charge in [0.05, 0.1) is 25.9 Å². The van der Waals surface area contributed by atoms with E-state index in [9.17, 15) is 4.79 Å². The molecule has 27 heavy (non-hydrogen) atoms. The highest BCUT2D eigenvalue weighted by atomic mass is 16.6. The highest BCUT2D eigenvalue weighted by Crippen LogP contribution is 2.17. The Kier molecular flexibility index (Phi) is 10.5. The highest BCUT2D eigenvalue weighted by molar-refractivity contribution is 5.91. The van der Waals surface area contributed by atoms with Crippen molar-refractivity contribution < 1.29 is 14.3 Å². The van der Waals surface area contributed by atoms with Gasteiger partial charge in [-0.25, -0.2) is 0 Å². The van der Waals surface area contributed by atoms with Crippen molar-refractivity contribution in [2.24, 2.45) is 0 Å². The molecule has 152 valence electrons. The van der Waals surface area contributed by atoms with Crippen LogP contribution in [-0.2, 0) is 14.3 Å². The molecule has 0 aliphatic carbocycles. The molecule has 0 radical (unpaired) electrons. The molecule has 0 saturated carbocycles. The summed E-state index contributed by atoms with van der Waals surface area (Å²) in [5, 5.41) is 3.05. The monoisotopic (exact) mass is 375 g/mol. The van der Waals surface area contributed by atoms with E-state index in [1.807, 2.05) is 19.9 Å². The molecule has 1 saturated heterocycles. The molecule has 0 spiro atoms. The zero-order valence-corrected chi connectivity index (χ0v) is 17.2. The van der Waals surface area contributed by atoms with Gasteiger partial charge in [-0.1, -0.05) is 57.1 Å². The maximum atomic E-state index is 12.1. The largest absolute Gasteiger partial charge is 0.376 e. The fraction of sp³-hybridized carbons (Fsp3) is 0.696. The van der Waals surface area contributed by atoms with Crippen molar-refractivity contribution in [3.05, 3.63) is 29.3 Å². The number of anilines is 1. The average molecular weight is 376 g/mol. The fourth-order valence-electron chi connectivity index (χ4n) is 3.50. The zero-order chi connectivity index (χ0) is 19.3. The molecule has 1 aliphatic rings. The minimum absolute atomic E-state index is 0.137. The van der Waals surface area contributed by atoms with Gasteiger partial charge in [-0.05, 0) is 43.9 Å². The van der Waals surface area contributed by atoms with Crippen molar-refractivity contribution in [3.63, 3.8) is 0 Å². The van der Waals surface area contributed by atoms with E-state index in [1.165, 1.54) is 44.1 Å². The third-order valence-corrected chi connectivity index (χ3v) is 5.23. The van der Waals surface area contributed by atoms with E-state index < -0.39 is 0 Å². The smallest absolute Gasteiger partial charge is 0.224 e. The number of carbonyl (C=O) groups is 1. The van der Waals surface area contributed by atoms with Crippen LogP contribution in [0.4, 0.5) is 5.69 Å². The Balaban J connectivity index is 1.40. The Hall–Kier alpha value is -1.39. The molecule has 2 rings (SSSR count). The summed E-state index contributed by atoms with van der Waals surface area (Å²) >= 11 is 0. The molecular formula is C23H37NO3. The molecule has 1 heterocycles. The van der Waals surface area contributed by atoms with Crippen LogP contribution < -0.4 is 5.32 Å². The normalized spacial score (nSPS) is 17.0. The van der Waals surface area contributed by atoms with Crippen molar-refractivity contribution in [2.75, 3.05) is 25.1 Å². The van der Waals surface area contributed by atoms with Gasteiger partial charge in [-0.3, -0.25) is 4.79 Å². The molecule has 0 aromatic heterocycles. The summed E-state index contributed by atoms with van der Waals surface area (Å²) < 4.78 is 11.1. The first kappa shape index (κ1) is 21.9. The second-order valence-corrected chi connectivity index (χ2v) is 7.80. The lowest BCUT2D eigenvalue weighted by Crippen LogP contribution is -2.28. The molecular weight excluding hydrogens is 338 g/mol. The van der Waals surface area contributed by atoms with E-state index in [0.717, 1.165) is 50.3 Å². The number of benzene rings is 1. The van der Waals surface area contributed by atoms with E-state index in [-0.39, 0.29) is 5.91 Å². The second-order valence-electron chi connectivity index (χ2n) is 7.80. The zero-order valence-electron chi connectivity index (χ0n) is 17.2. The van der Waals surface area contributed by atoms with Gasteiger partial charge >= 0.3 is 0 Å². The topological polar surface area (TPSA) is 47.6 Å². The third kappa shape index (κ3) is 9.39. The van der Waals surface area contributed by atoms with Gasteiger partial charge in [0.15, 0.2) is 0 Å². The van der Waals surface area contributed by atoms with Crippen LogP contribution in [0.1, 0.15) is 75.3 Å². The minimum Gasteiger partial charge on any atom is -0.376 e. The summed E-state index contributed by atoms with van der Waals surface area (Å²) in [6.07, 6.45) is 11.9. The van der Waals surface area contributed by atoms with E-state index in [4.69, 9.17) is 9.47 Å². The standard InChI is InChI=1S/C23H37NO3/c1-19-13-14-20(2)22(17-19)24-23(25)12-10-8-6-4-3-5-7-9-11-21-18-26-15-16-27-21/h13-14,17,21H,3-12,15-16,18H2,1-2H3,(H,24,25)/t21-/m1/s1. The number of aryl methyl sites for hydroxylation is 2. The number of unbranched alkanes of at least 4 members (excludes halogenated alkanes) is 7. The molecule has 1 fully saturated rings. The number of hydrogen-bond donors (Lipinski definition) is 1. The third-order valence-electron chi connectivity index (χ3n) is 5.23. The molecule has 0 bridgehead atoms. The van der Waals surface area contributed by atoms with Crippen LogP contribution in [-0.4, -0.2) is 31.8 Å². The van der Waals surface area contributed by atoms with Crippen molar-refractivity contribution >= 4 is 11.6 Å². The number of rotatable bonds is 12. The van der Waals surface area contributed by atoms with Crippen LogP contribution in [0, 0.1) is 13.8 Å². The van der Waals surface area contributed by atoms with Crippen molar-refractivity contribution in [1.29, 1.82) is 0 Å². The Morgan fingerprint density at radius 2 is 1.70 bits per heavy atom. The Labute approximate surface area is 165 Å². The number of amides is 1. The predicted molar refractivity (Wildman–Crippen MR) is 111 cm³/mol. The predicted octanol–water partition coefficient (Wildman–Crippen LogP) is 5.56. The summed E-state index contributed by atoms with van der Waals surface area (Å²) in [7, 11) is 0. The van der Waals surface area contributed by atoms with E-state index in [0.29, 0.717) is 12.5 Å². The molecule has 0 unspecified atom stereocenters. The molecule has 4 heteroatoms. The first-order valence-corrected chi connectivity index (χ1v) is 10.7. The van der Waals surface area contributed by atoms with Crippen LogP contribution in [0.3, 0.4) is 0 Å². The number of hydrogen-bond acceptors (Lipinski definition) is 3.